The highest BCUT2D eigenvalue weighted by molar-refractivity contribution is 5.74. The number of alkyl halides is 2. The minimum absolute atomic E-state index is 0.0795. The summed E-state index contributed by atoms with van der Waals surface area (Å²) in [6, 6.07) is 10.0. The molecule has 0 bridgehead atoms. The maximum absolute atomic E-state index is 14.2. The minimum atomic E-state index is -2.65. The molecule has 1 aromatic carbocycles. The summed E-state index contributed by atoms with van der Waals surface area (Å²) in [6.07, 6.45) is 6.42. The van der Waals surface area contributed by atoms with Gasteiger partial charge in [0, 0.05) is 43.0 Å². The van der Waals surface area contributed by atoms with E-state index in [0.29, 0.717) is 18.5 Å². The highest BCUT2D eigenvalue weighted by Crippen LogP contribution is 2.55. The molecule has 31 heavy (non-hydrogen) atoms. The molecule has 2 aromatic rings. The fourth-order valence-electron chi connectivity index (χ4n) is 5.49. The third-order valence-electron chi connectivity index (χ3n) is 6.78. The average Bonchev–Trinajstić information content (AvgIpc) is 2.95. The fraction of sp³-hybridized carbons (Fsp3) is 0.440. The number of benzene rings is 1. The molecule has 164 valence electrons. The van der Waals surface area contributed by atoms with E-state index in [1.54, 1.807) is 12.3 Å². The normalized spacial score (nSPS) is 29.6. The second-order valence-electron chi connectivity index (χ2n) is 9.19. The smallest absolute Gasteiger partial charge is 0.248 e. The van der Waals surface area contributed by atoms with Crippen LogP contribution in [0.1, 0.15) is 45.2 Å². The molecule has 2 fully saturated rings. The topological polar surface area (TPSA) is 42.0 Å². The number of nitrogens with zero attached hydrogens (tertiary/aromatic N) is 1. The van der Waals surface area contributed by atoms with E-state index in [1.165, 1.54) is 19.1 Å². The number of carbonyl (C=O) groups is 1. The monoisotopic (exact) mass is 428 g/mol. The summed E-state index contributed by atoms with van der Waals surface area (Å²) in [5.74, 6) is -3.31. The Morgan fingerprint density at radius 3 is 2.68 bits per heavy atom. The molecule has 1 N–H and O–H groups in total. The van der Waals surface area contributed by atoms with Gasteiger partial charge in [0.05, 0.1) is 5.69 Å². The van der Waals surface area contributed by atoms with Gasteiger partial charge in [0.1, 0.15) is 5.82 Å². The Balaban J connectivity index is 1.58. The molecule has 3 nitrogen and oxygen atoms in total. The maximum Gasteiger partial charge on any atom is 0.248 e. The van der Waals surface area contributed by atoms with Gasteiger partial charge in [-0.15, -0.1) is 0 Å². The van der Waals surface area contributed by atoms with Crippen LogP contribution in [0.15, 0.2) is 48.7 Å². The summed E-state index contributed by atoms with van der Waals surface area (Å²) in [5.41, 5.74) is 1.67. The van der Waals surface area contributed by atoms with Crippen molar-refractivity contribution >= 4 is 12.0 Å². The highest BCUT2D eigenvalue weighted by atomic mass is 19.3. The third-order valence-corrected chi connectivity index (χ3v) is 6.78. The van der Waals surface area contributed by atoms with Gasteiger partial charge in [-0.25, -0.2) is 13.2 Å². The Morgan fingerprint density at radius 1 is 1.19 bits per heavy atom. The summed E-state index contributed by atoms with van der Waals surface area (Å²) in [7, 11) is 0. The van der Waals surface area contributed by atoms with Crippen LogP contribution in [0.4, 0.5) is 13.2 Å². The second kappa shape index (κ2) is 8.13. The zero-order chi connectivity index (χ0) is 22.2. The van der Waals surface area contributed by atoms with Crippen molar-refractivity contribution in [1.29, 1.82) is 0 Å². The van der Waals surface area contributed by atoms with Crippen molar-refractivity contribution in [2.45, 2.75) is 51.0 Å². The molecule has 1 amide bonds. The summed E-state index contributed by atoms with van der Waals surface area (Å²) in [6.45, 7) is 3.43. The first kappa shape index (κ1) is 21.6. The van der Waals surface area contributed by atoms with Gasteiger partial charge in [-0.3, -0.25) is 9.78 Å². The Hall–Kier alpha value is -2.63. The van der Waals surface area contributed by atoms with Crippen LogP contribution >= 0.6 is 0 Å². The first-order chi connectivity index (χ1) is 14.7. The number of nitrogens with one attached hydrogen (secondary N) is 1. The maximum atomic E-state index is 14.2. The molecule has 0 saturated heterocycles. The molecule has 1 unspecified atom stereocenters. The van der Waals surface area contributed by atoms with Gasteiger partial charge in [0.25, 0.3) is 0 Å². The first-order valence-electron chi connectivity index (χ1n) is 10.7. The predicted molar refractivity (Wildman–Crippen MR) is 115 cm³/mol. The molecule has 0 spiro atoms. The number of rotatable bonds is 4. The fourth-order valence-corrected chi connectivity index (χ4v) is 5.49. The SMILES string of the molecule is CC(=O)NC1(C)C[C@H]2CCC(F)(F)C[C@H]2[C@@H]1C=Cc1ccc(-c2cccc(F)c2)cn1. The van der Waals surface area contributed by atoms with Crippen molar-refractivity contribution in [1.82, 2.24) is 10.3 Å². The molecule has 2 aliphatic rings. The number of amides is 1. The second-order valence-corrected chi connectivity index (χ2v) is 9.19. The zero-order valence-corrected chi connectivity index (χ0v) is 17.7. The number of aromatic nitrogens is 1. The summed E-state index contributed by atoms with van der Waals surface area (Å²) < 4.78 is 41.8. The van der Waals surface area contributed by atoms with Crippen molar-refractivity contribution in [2.24, 2.45) is 17.8 Å². The van der Waals surface area contributed by atoms with Gasteiger partial charge >= 0.3 is 0 Å². The molecule has 6 heteroatoms. The van der Waals surface area contributed by atoms with Crippen molar-refractivity contribution < 1.29 is 18.0 Å². The van der Waals surface area contributed by atoms with Crippen LogP contribution in [0, 0.1) is 23.6 Å². The van der Waals surface area contributed by atoms with E-state index in [4.69, 9.17) is 0 Å². The molecule has 0 aliphatic heterocycles. The first-order valence-corrected chi connectivity index (χ1v) is 10.7. The largest absolute Gasteiger partial charge is 0.351 e. The molecule has 1 heterocycles. The third kappa shape index (κ3) is 4.68. The van der Waals surface area contributed by atoms with Crippen molar-refractivity contribution in [3.63, 3.8) is 0 Å². The molecule has 2 saturated carbocycles. The van der Waals surface area contributed by atoms with E-state index in [1.807, 2.05) is 37.3 Å². The number of carbonyl (C=O) groups excluding carboxylic acids is 1. The lowest BCUT2D eigenvalue weighted by Gasteiger charge is -2.35. The lowest BCUT2D eigenvalue weighted by Crippen LogP contribution is -2.48. The van der Waals surface area contributed by atoms with Crippen LogP contribution in [0.25, 0.3) is 17.2 Å². The number of hydrogen-bond acceptors (Lipinski definition) is 2. The number of halogens is 3. The van der Waals surface area contributed by atoms with Crippen LogP contribution in [0.5, 0.6) is 0 Å². The van der Waals surface area contributed by atoms with E-state index >= 15 is 0 Å². The van der Waals surface area contributed by atoms with E-state index in [2.05, 4.69) is 10.3 Å². The van der Waals surface area contributed by atoms with E-state index in [0.717, 1.165) is 11.1 Å². The predicted octanol–water partition coefficient (Wildman–Crippen LogP) is 5.87. The van der Waals surface area contributed by atoms with Gasteiger partial charge < -0.3 is 5.32 Å². The van der Waals surface area contributed by atoms with Crippen LogP contribution in [0.3, 0.4) is 0 Å². The summed E-state index contributed by atoms with van der Waals surface area (Å²) in [4.78, 5) is 16.3. The van der Waals surface area contributed by atoms with E-state index in [9.17, 15) is 18.0 Å². The van der Waals surface area contributed by atoms with Crippen LogP contribution < -0.4 is 5.32 Å². The van der Waals surface area contributed by atoms with Gasteiger partial charge in [-0.1, -0.05) is 24.3 Å². The van der Waals surface area contributed by atoms with Crippen LogP contribution in [-0.4, -0.2) is 22.4 Å². The number of pyridine rings is 1. The zero-order valence-electron chi connectivity index (χ0n) is 17.7. The number of hydrogen-bond donors (Lipinski definition) is 1. The van der Waals surface area contributed by atoms with Crippen molar-refractivity contribution in [3.8, 4) is 11.1 Å². The Labute approximate surface area is 180 Å². The summed E-state index contributed by atoms with van der Waals surface area (Å²) >= 11 is 0. The molecular weight excluding hydrogens is 401 g/mol. The standard InChI is InChI=1S/C25H27F3N2O/c1-16(31)30-24(2)13-18-10-11-25(27,28)14-22(18)23(24)9-8-21-7-6-19(15-29-21)17-4-3-5-20(26)12-17/h3-9,12,15,18,22-23H,10-11,13-14H2,1-2H3,(H,30,31)/t18-,22-,23+,24?/m1/s1. The number of fused-ring (bicyclic) bond motifs is 1. The van der Waals surface area contributed by atoms with Crippen LogP contribution in [-0.2, 0) is 4.79 Å². The molecule has 4 atom stereocenters. The Bertz CT molecular complexity index is 989. The lowest BCUT2D eigenvalue weighted by atomic mass is 9.75. The Kier molecular flexibility index (Phi) is 5.67. The highest BCUT2D eigenvalue weighted by Gasteiger charge is 2.55. The quantitative estimate of drug-likeness (QED) is 0.662. The molecule has 1 aromatic heterocycles. The van der Waals surface area contributed by atoms with E-state index < -0.39 is 11.5 Å². The molecule has 2 aliphatic carbocycles. The van der Waals surface area contributed by atoms with Crippen LogP contribution in [0.2, 0.25) is 0 Å². The van der Waals surface area contributed by atoms with Gasteiger partial charge in [-0.05, 0) is 61.4 Å². The molecule has 0 radical (unpaired) electrons. The van der Waals surface area contributed by atoms with E-state index in [-0.39, 0.29) is 42.3 Å². The summed E-state index contributed by atoms with van der Waals surface area (Å²) in [5, 5.41) is 3.03. The van der Waals surface area contributed by atoms with Gasteiger partial charge in [-0.2, -0.15) is 0 Å². The average molecular weight is 428 g/mol. The molecular formula is C25H27F3N2O. The Morgan fingerprint density at radius 2 is 2.00 bits per heavy atom. The van der Waals surface area contributed by atoms with Gasteiger partial charge in [0.2, 0.25) is 11.8 Å². The van der Waals surface area contributed by atoms with Crippen molar-refractivity contribution in [3.05, 3.63) is 60.2 Å². The molecule has 4 rings (SSSR count). The van der Waals surface area contributed by atoms with Gasteiger partial charge in [0.15, 0.2) is 0 Å². The minimum Gasteiger partial charge on any atom is -0.351 e. The lowest BCUT2D eigenvalue weighted by molar-refractivity contribution is -0.121. The van der Waals surface area contributed by atoms with Crippen molar-refractivity contribution in [2.75, 3.05) is 0 Å².